The maximum Gasteiger partial charge on any atom is 0.137 e. The summed E-state index contributed by atoms with van der Waals surface area (Å²) in [4.78, 5) is 4.45. The molecule has 2 nitrogen and oxygen atoms in total. The van der Waals surface area contributed by atoms with Gasteiger partial charge < -0.3 is 5.32 Å². The van der Waals surface area contributed by atoms with E-state index in [1.54, 1.807) is 0 Å². The second-order valence-corrected chi connectivity index (χ2v) is 6.00. The van der Waals surface area contributed by atoms with E-state index in [4.69, 9.17) is 0 Å². The summed E-state index contributed by atoms with van der Waals surface area (Å²) in [5, 5.41) is 3.55. The number of benzene rings is 1. The molecule has 0 aliphatic heterocycles. The quantitative estimate of drug-likeness (QED) is 0.807. The third-order valence-electron chi connectivity index (χ3n) is 3.57. The van der Waals surface area contributed by atoms with Crippen molar-refractivity contribution in [1.29, 1.82) is 0 Å². The molecule has 0 spiro atoms. The number of nitrogens with zero attached hydrogens (tertiary/aromatic N) is 1. The summed E-state index contributed by atoms with van der Waals surface area (Å²) in [5.74, 6) is -0.0337. The molecule has 2 rings (SSSR count). The van der Waals surface area contributed by atoms with Crippen molar-refractivity contribution in [1.82, 2.24) is 10.3 Å². The Morgan fingerprint density at radius 1 is 1.29 bits per heavy atom. The van der Waals surface area contributed by atoms with E-state index in [2.05, 4.69) is 40.1 Å². The van der Waals surface area contributed by atoms with Gasteiger partial charge in [0.25, 0.3) is 0 Å². The minimum Gasteiger partial charge on any atom is -0.309 e. The lowest BCUT2D eigenvalue weighted by Crippen LogP contribution is -2.27. The number of halogens is 2. The van der Waals surface area contributed by atoms with Gasteiger partial charge in [-0.25, -0.2) is 4.39 Å². The predicted octanol–water partition coefficient (Wildman–Crippen LogP) is 4.83. The molecule has 4 heteroatoms. The minimum absolute atomic E-state index is 0.108. The summed E-state index contributed by atoms with van der Waals surface area (Å²) in [6.45, 7) is 5.19. The van der Waals surface area contributed by atoms with E-state index >= 15 is 0 Å². The molecule has 0 saturated carbocycles. The van der Waals surface area contributed by atoms with Gasteiger partial charge in [0.05, 0.1) is 4.47 Å². The van der Waals surface area contributed by atoms with Crippen molar-refractivity contribution in [2.24, 2.45) is 0 Å². The summed E-state index contributed by atoms with van der Waals surface area (Å²) >= 11 is 3.27. The van der Waals surface area contributed by atoms with Crippen LogP contribution in [0.15, 0.2) is 47.1 Å². The average Bonchev–Trinajstić information content (AvgIpc) is 2.51. The first kappa shape index (κ1) is 16.1. The van der Waals surface area contributed by atoms with E-state index in [1.165, 1.54) is 6.07 Å². The van der Waals surface area contributed by atoms with Crippen LogP contribution >= 0.6 is 15.9 Å². The standard InChI is InChI=1S/C17H20BrFN2/c1-3-9-21-17(12(2)16-6-4-5-10-20-16)13-7-8-15(19)14(18)11-13/h4-8,10-12,17,21H,3,9H2,1-2H3. The molecular weight excluding hydrogens is 331 g/mol. The molecule has 0 radical (unpaired) electrons. The lowest BCUT2D eigenvalue weighted by Gasteiger charge is -2.25. The van der Waals surface area contributed by atoms with Crippen LogP contribution in [0, 0.1) is 5.82 Å². The fourth-order valence-corrected chi connectivity index (χ4v) is 2.80. The van der Waals surface area contributed by atoms with Crippen molar-refractivity contribution in [2.45, 2.75) is 32.2 Å². The van der Waals surface area contributed by atoms with E-state index in [9.17, 15) is 4.39 Å². The Kier molecular flexibility index (Phi) is 5.88. The van der Waals surface area contributed by atoms with E-state index in [1.807, 2.05) is 36.5 Å². The smallest absolute Gasteiger partial charge is 0.137 e. The highest BCUT2D eigenvalue weighted by Gasteiger charge is 2.21. The Morgan fingerprint density at radius 2 is 2.10 bits per heavy atom. The van der Waals surface area contributed by atoms with Gasteiger partial charge in [-0.1, -0.05) is 26.0 Å². The first-order valence-electron chi connectivity index (χ1n) is 7.22. The molecule has 1 aromatic heterocycles. The van der Waals surface area contributed by atoms with E-state index in [-0.39, 0.29) is 17.8 Å². The molecule has 0 aliphatic carbocycles. The molecule has 0 bridgehead atoms. The molecule has 2 atom stereocenters. The Hall–Kier alpha value is -1.26. The van der Waals surface area contributed by atoms with Crippen LogP contribution in [-0.4, -0.2) is 11.5 Å². The van der Waals surface area contributed by atoms with Crippen LogP contribution in [0.25, 0.3) is 0 Å². The number of pyridine rings is 1. The van der Waals surface area contributed by atoms with Crippen molar-refractivity contribution >= 4 is 15.9 Å². The van der Waals surface area contributed by atoms with E-state index in [0.29, 0.717) is 4.47 Å². The first-order chi connectivity index (χ1) is 10.1. The van der Waals surface area contributed by atoms with Crippen molar-refractivity contribution < 1.29 is 4.39 Å². The van der Waals surface area contributed by atoms with E-state index in [0.717, 1.165) is 24.2 Å². The van der Waals surface area contributed by atoms with Crippen LogP contribution < -0.4 is 5.32 Å². The molecular formula is C17H20BrFN2. The third-order valence-corrected chi connectivity index (χ3v) is 4.18. The lowest BCUT2D eigenvalue weighted by atomic mass is 9.91. The maximum absolute atomic E-state index is 13.5. The normalized spacial score (nSPS) is 13.9. The summed E-state index contributed by atoms with van der Waals surface area (Å²) in [6.07, 6.45) is 2.86. The first-order valence-corrected chi connectivity index (χ1v) is 8.02. The topological polar surface area (TPSA) is 24.9 Å². The second-order valence-electron chi connectivity index (χ2n) is 5.15. The third kappa shape index (κ3) is 4.11. The summed E-state index contributed by atoms with van der Waals surface area (Å²) in [5.41, 5.74) is 2.10. The molecule has 0 fully saturated rings. The summed E-state index contributed by atoms with van der Waals surface area (Å²) in [6, 6.07) is 11.2. The predicted molar refractivity (Wildman–Crippen MR) is 87.8 cm³/mol. The van der Waals surface area contributed by atoms with Gasteiger partial charge >= 0.3 is 0 Å². The van der Waals surface area contributed by atoms with Crippen LogP contribution in [0.2, 0.25) is 0 Å². The highest BCUT2D eigenvalue weighted by molar-refractivity contribution is 9.10. The van der Waals surface area contributed by atoms with Gasteiger partial charge in [0, 0.05) is 23.9 Å². The highest BCUT2D eigenvalue weighted by atomic mass is 79.9. The van der Waals surface area contributed by atoms with Crippen LogP contribution in [0.3, 0.4) is 0 Å². The fourth-order valence-electron chi connectivity index (χ4n) is 2.41. The van der Waals surface area contributed by atoms with Crippen LogP contribution in [-0.2, 0) is 0 Å². The van der Waals surface area contributed by atoms with Gasteiger partial charge in [-0.3, -0.25) is 4.98 Å². The van der Waals surface area contributed by atoms with Crippen molar-refractivity contribution in [3.63, 3.8) is 0 Å². The minimum atomic E-state index is -0.238. The van der Waals surface area contributed by atoms with E-state index < -0.39 is 0 Å². The maximum atomic E-state index is 13.5. The molecule has 2 unspecified atom stereocenters. The second kappa shape index (κ2) is 7.66. The summed E-state index contributed by atoms with van der Waals surface area (Å²) < 4.78 is 14.0. The number of nitrogens with one attached hydrogen (secondary N) is 1. The molecule has 21 heavy (non-hydrogen) atoms. The molecule has 2 aromatic rings. The molecule has 0 aliphatic rings. The van der Waals surface area contributed by atoms with Crippen LogP contribution in [0.4, 0.5) is 4.39 Å². The van der Waals surface area contributed by atoms with Gasteiger partial charge in [0.2, 0.25) is 0 Å². The molecule has 1 aromatic carbocycles. The van der Waals surface area contributed by atoms with Crippen molar-refractivity contribution in [3.05, 3.63) is 64.1 Å². The number of hydrogen-bond acceptors (Lipinski definition) is 2. The van der Waals surface area contributed by atoms with Crippen LogP contribution in [0.5, 0.6) is 0 Å². The molecule has 1 N–H and O–H groups in total. The fraction of sp³-hybridized carbons (Fsp3) is 0.353. The molecule has 1 heterocycles. The Labute approximate surface area is 133 Å². The number of rotatable bonds is 6. The Morgan fingerprint density at radius 3 is 2.71 bits per heavy atom. The average molecular weight is 351 g/mol. The SMILES string of the molecule is CCCNC(c1ccc(F)c(Br)c1)C(C)c1ccccn1. The monoisotopic (exact) mass is 350 g/mol. The number of hydrogen-bond donors (Lipinski definition) is 1. The largest absolute Gasteiger partial charge is 0.309 e. The van der Waals surface area contributed by atoms with Crippen molar-refractivity contribution in [3.8, 4) is 0 Å². The summed E-state index contributed by atoms with van der Waals surface area (Å²) in [7, 11) is 0. The van der Waals surface area contributed by atoms with Gasteiger partial charge in [0.1, 0.15) is 5.82 Å². The zero-order valence-corrected chi connectivity index (χ0v) is 13.9. The molecule has 0 saturated heterocycles. The van der Waals surface area contributed by atoms with Gasteiger partial charge in [-0.2, -0.15) is 0 Å². The lowest BCUT2D eigenvalue weighted by molar-refractivity contribution is 0.459. The van der Waals surface area contributed by atoms with Gasteiger partial charge in [-0.05, 0) is 58.7 Å². The molecule has 112 valence electrons. The Balaban J connectivity index is 2.31. The van der Waals surface area contributed by atoms with Crippen molar-refractivity contribution in [2.75, 3.05) is 6.54 Å². The Bertz CT molecular complexity index is 574. The van der Waals surface area contributed by atoms with Gasteiger partial charge in [0.15, 0.2) is 0 Å². The zero-order chi connectivity index (χ0) is 15.2. The number of aromatic nitrogens is 1. The van der Waals surface area contributed by atoms with Crippen LogP contribution in [0.1, 0.15) is 43.5 Å². The molecule has 0 amide bonds. The van der Waals surface area contributed by atoms with Gasteiger partial charge in [-0.15, -0.1) is 0 Å². The zero-order valence-electron chi connectivity index (χ0n) is 12.3. The highest BCUT2D eigenvalue weighted by Crippen LogP contribution is 2.31.